The van der Waals surface area contributed by atoms with Crippen molar-refractivity contribution in [2.24, 2.45) is 23.1 Å². The number of ether oxygens (including phenoxy) is 1. The lowest BCUT2D eigenvalue weighted by Crippen LogP contribution is -2.56. The minimum absolute atomic E-state index is 0.0531. The van der Waals surface area contributed by atoms with Crippen molar-refractivity contribution in [2.45, 2.75) is 77.3 Å². The molecule has 10 heteroatoms. The van der Waals surface area contributed by atoms with Crippen molar-refractivity contribution >= 4 is 38.5 Å². The number of rotatable bonds is 13. The maximum atomic E-state index is 13.9. The number of hydroxylamine groups is 1. The zero-order valence-electron chi connectivity index (χ0n) is 24.8. The number of hydrogen-bond donors (Lipinski definition) is 3. The van der Waals surface area contributed by atoms with Gasteiger partial charge in [-0.3, -0.25) is 15.0 Å². The van der Waals surface area contributed by atoms with Crippen LogP contribution in [0, 0.1) is 17.3 Å². The minimum Gasteiger partial charge on any atom is -0.350 e. The molecule has 4 N–H and O–H groups in total. The highest BCUT2D eigenvalue weighted by Gasteiger charge is 2.53. The summed E-state index contributed by atoms with van der Waals surface area (Å²) in [5, 5.41) is 2.13. The van der Waals surface area contributed by atoms with Crippen LogP contribution in [0.3, 0.4) is 0 Å². The van der Waals surface area contributed by atoms with Crippen molar-refractivity contribution in [3.63, 3.8) is 0 Å². The van der Waals surface area contributed by atoms with E-state index < -0.39 is 44.0 Å². The molecule has 1 unspecified atom stereocenters. The van der Waals surface area contributed by atoms with Crippen molar-refractivity contribution in [1.82, 2.24) is 10.9 Å². The average molecular weight is 588 g/mol. The zero-order chi connectivity index (χ0) is 30.3. The Balaban J connectivity index is 2.06. The monoisotopic (exact) mass is 587 g/mol. The number of hydrazine groups is 1. The lowest BCUT2D eigenvalue weighted by molar-refractivity contribution is -0.204. The van der Waals surface area contributed by atoms with Gasteiger partial charge < -0.3 is 4.74 Å². The highest BCUT2D eigenvalue weighted by atomic mass is 32.2. The van der Waals surface area contributed by atoms with Gasteiger partial charge >= 0.3 is 0 Å². The van der Waals surface area contributed by atoms with E-state index in [9.17, 15) is 18.0 Å². The molecule has 0 bridgehead atoms. The van der Waals surface area contributed by atoms with Gasteiger partial charge in [0.05, 0.1) is 16.1 Å². The number of hydrogen-bond acceptors (Lipinski definition) is 7. The van der Waals surface area contributed by atoms with Crippen LogP contribution >= 0.6 is 0 Å². The number of sulfone groups is 1. The number of amides is 2. The normalized spacial score (nSPS) is 18.8. The molecule has 2 amide bonds. The Morgan fingerprint density at radius 2 is 1.85 bits per heavy atom. The Kier molecular flexibility index (Phi) is 11.1. The van der Waals surface area contributed by atoms with Crippen LogP contribution in [-0.2, 0) is 29.0 Å². The molecule has 0 radical (unpaired) electrons. The third-order valence-electron chi connectivity index (χ3n) is 8.01. The van der Waals surface area contributed by atoms with E-state index in [0.29, 0.717) is 13.0 Å². The SMILES string of the molecule is CC(C)C[C@](CC(C)(C)S(C)(=O)=O)(C(=O)NN)[C@H](C/C=C/c1cccc2ccccc12)C(=O)NOC1CCCCO1. The summed E-state index contributed by atoms with van der Waals surface area (Å²) in [5.41, 5.74) is 4.30. The van der Waals surface area contributed by atoms with E-state index in [2.05, 4.69) is 10.9 Å². The van der Waals surface area contributed by atoms with Crippen LogP contribution in [0.25, 0.3) is 16.8 Å². The van der Waals surface area contributed by atoms with Gasteiger partial charge in [0.25, 0.3) is 0 Å². The largest absolute Gasteiger partial charge is 0.350 e. The standard InChI is InChI=1S/C31H45N3O6S/c1-22(2)20-31(29(36)33-32,21-30(3,4)41(5,37)38)26(28(35)34-40-27-18-8-9-19-39-27)17-11-15-24-14-10-13-23-12-6-7-16-25(23)24/h6-7,10-16,22,26-27H,8-9,17-21,32H2,1-5H3,(H,33,36)(H,34,35)/b15-11+/t26-,27?,31-/m1/s1. The number of benzene rings is 2. The molecular weight excluding hydrogens is 542 g/mol. The molecule has 1 saturated heterocycles. The molecule has 9 nitrogen and oxygen atoms in total. The molecule has 0 aliphatic carbocycles. The summed E-state index contributed by atoms with van der Waals surface area (Å²) >= 11 is 0. The predicted octanol–water partition coefficient (Wildman–Crippen LogP) is 4.67. The molecule has 2 aromatic carbocycles. The van der Waals surface area contributed by atoms with Crippen molar-refractivity contribution < 1.29 is 27.6 Å². The van der Waals surface area contributed by atoms with Crippen LogP contribution < -0.4 is 16.7 Å². The Hall–Kier alpha value is -2.79. The van der Waals surface area contributed by atoms with Gasteiger partial charge in [0, 0.05) is 19.3 Å². The Labute approximate surface area is 244 Å². The fourth-order valence-electron chi connectivity index (χ4n) is 5.74. The Morgan fingerprint density at radius 3 is 2.49 bits per heavy atom. The summed E-state index contributed by atoms with van der Waals surface area (Å²) in [6.07, 6.45) is 7.07. The predicted molar refractivity (Wildman–Crippen MR) is 162 cm³/mol. The van der Waals surface area contributed by atoms with E-state index in [1.807, 2.05) is 68.5 Å². The lowest BCUT2D eigenvalue weighted by atomic mass is 9.63. The van der Waals surface area contributed by atoms with Gasteiger partial charge in [0.1, 0.15) is 0 Å². The first kappa shape index (κ1) is 32.7. The molecular formula is C31H45N3O6S. The molecule has 1 aliphatic rings. The third-order valence-corrected chi connectivity index (χ3v) is 10.2. The zero-order valence-corrected chi connectivity index (χ0v) is 25.6. The number of nitrogens with one attached hydrogen (secondary N) is 2. The molecule has 0 spiro atoms. The quantitative estimate of drug-likeness (QED) is 0.176. The summed E-state index contributed by atoms with van der Waals surface area (Å²) in [6.45, 7) is 7.55. The molecule has 1 heterocycles. The number of carbonyl (C=O) groups is 2. The molecule has 2 aromatic rings. The van der Waals surface area contributed by atoms with Crippen LogP contribution in [0.15, 0.2) is 48.5 Å². The third kappa shape index (κ3) is 8.16. The fourth-order valence-corrected chi connectivity index (χ4v) is 6.26. The van der Waals surface area contributed by atoms with Crippen LogP contribution in [0.5, 0.6) is 0 Å². The van der Waals surface area contributed by atoms with Crippen LogP contribution in [0.4, 0.5) is 0 Å². The molecule has 41 heavy (non-hydrogen) atoms. The smallest absolute Gasteiger partial charge is 0.248 e. The highest BCUT2D eigenvalue weighted by molar-refractivity contribution is 7.92. The fraction of sp³-hybridized carbons (Fsp3) is 0.548. The summed E-state index contributed by atoms with van der Waals surface area (Å²) in [7, 11) is -3.61. The Morgan fingerprint density at radius 1 is 1.15 bits per heavy atom. The van der Waals surface area contributed by atoms with Gasteiger partial charge in [-0.25, -0.2) is 24.6 Å². The first-order valence-corrected chi connectivity index (χ1v) is 16.1. The van der Waals surface area contributed by atoms with Crippen molar-refractivity contribution in [1.29, 1.82) is 0 Å². The maximum Gasteiger partial charge on any atom is 0.248 e. The van der Waals surface area contributed by atoms with Crippen LogP contribution in [-0.4, -0.2) is 44.1 Å². The van der Waals surface area contributed by atoms with Crippen LogP contribution in [0.1, 0.15) is 71.8 Å². The minimum atomic E-state index is -3.61. The van der Waals surface area contributed by atoms with E-state index >= 15 is 0 Å². The van der Waals surface area contributed by atoms with Gasteiger partial charge in [0.2, 0.25) is 11.8 Å². The molecule has 3 atom stereocenters. The van der Waals surface area contributed by atoms with Gasteiger partial charge in [-0.05, 0) is 68.2 Å². The maximum absolute atomic E-state index is 13.9. The number of allylic oxidation sites excluding steroid dienone is 1. The summed E-state index contributed by atoms with van der Waals surface area (Å²) in [5.74, 6) is 3.55. The van der Waals surface area contributed by atoms with E-state index in [-0.39, 0.29) is 25.2 Å². The van der Waals surface area contributed by atoms with E-state index in [0.717, 1.165) is 35.4 Å². The molecule has 3 rings (SSSR count). The second-order valence-corrected chi connectivity index (χ2v) is 14.7. The molecule has 1 fully saturated rings. The van der Waals surface area contributed by atoms with Gasteiger partial charge in [-0.15, -0.1) is 0 Å². The van der Waals surface area contributed by atoms with E-state index in [4.69, 9.17) is 15.4 Å². The number of carbonyl (C=O) groups excluding carboxylic acids is 2. The molecule has 0 aromatic heterocycles. The second-order valence-electron chi connectivity index (χ2n) is 12.1. The van der Waals surface area contributed by atoms with Crippen molar-refractivity contribution in [3.05, 3.63) is 54.1 Å². The molecule has 0 saturated carbocycles. The van der Waals surface area contributed by atoms with Crippen molar-refractivity contribution in [3.8, 4) is 0 Å². The van der Waals surface area contributed by atoms with Gasteiger partial charge in [-0.2, -0.15) is 0 Å². The van der Waals surface area contributed by atoms with Crippen LogP contribution in [0.2, 0.25) is 0 Å². The first-order chi connectivity index (χ1) is 19.3. The highest BCUT2D eigenvalue weighted by Crippen LogP contribution is 2.46. The van der Waals surface area contributed by atoms with Gasteiger partial charge in [0.15, 0.2) is 16.1 Å². The Bertz CT molecular complexity index is 1330. The lowest BCUT2D eigenvalue weighted by Gasteiger charge is -2.43. The van der Waals surface area contributed by atoms with Gasteiger partial charge in [-0.1, -0.05) is 68.5 Å². The second kappa shape index (κ2) is 13.9. The van der Waals surface area contributed by atoms with E-state index in [1.54, 1.807) is 13.8 Å². The summed E-state index contributed by atoms with van der Waals surface area (Å²) in [4.78, 5) is 33.3. The number of nitrogens with two attached hydrogens (primary N) is 1. The molecule has 1 aliphatic heterocycles. The number of fused-ring (bicyclic) bond motifs is 1. The summed E-state index contributed by atoms with van der Waals surface area (Å²) < 4.78 is 30.0. The molecule has 226 valence electrons. The average Bonchev–Trinajstić information content (AvgIpc) is 2.92. The van der Waals surface area contributed by atoms with E-state index in [1.165, 1.54) is 0 Å². The first-order valence-electron chi connectivity index (χ1n) is 14.2. The summed E-state index contributed by atoms with van der Waals surface area (Å²) in [6, 6.07) is 14.0. The van der Waals surface area contributed by atoms with Crippen molar-refractivity contribution in [2.75, 3.05) is 12.9 Å². The topological polar surface area (TPSA) is 137 Å².